The van der Waals surface area contributed by atoms with Gasteiger partial charge in [-0.1, -0.05) is 0 Å². The third-order valence-corrected chi connectivity index (χ3v) is 4.42. The molecule has 4 heteroatoms. The molecule has 22 heavy (non-hydrogen) atoms. The lowest BCUT2D eigenvalue weighted by Crippen LogP contribution is -3.00. The van der Waals surface area contributed by atoms with E-state index in [4.69, 9.17) is 0 Å². The van der Waals surface area contributed by atoms with Crippen LogP contribution in [0.4, 0.5) is 4.39 Å². The number of pyridine rings is 1. The molecule has 0 unspecified atom stereocenters. The van der Waals surface area contributed by atoms with E-state index in [2.05, 4.69) is 41.9 Å². The number of aromatic amines is 1. The van der Waals surface area contributed by atoms with Crippen molar-refractivity contribution in [2.45, 2.75) is 13.8 Å². The Kier molecular flexibility index (Phi) is 3.59. The van der Waals surface area contributed by atoms with Gasteiger partial charge in [-0.15, -0.1) is 0 Å². The van der Waals surface area contributed by atoms with E-state index in [0.717, 1.165) is 16.4 Å². The van der Waals surface area contributed by atoms with Crippen molar-refractivity contribution in [2.75, 3.05) is 0 Å². The number of fused-ring (bicyclic) bond motifs is 4. The molecular formula is C18H16FIN2. The standard InChI is InChI=1S/C18H15FN2.HI/c1-10-15-9-21(3)7-6-13(15)11(2)18-17(10)14-5-4-12(19)8-16(14)20-18;/h4-9H,1-3H3;1H. The highest BCUT2D eigenvalue weighted by atomic mass is 127. The Morgan fingerprint density at radius 3 is 2.55 bits per heavy atom. The SMILES string of the molecule is Cc1c2cc[n+](C)cc2c(C)c2c1[nH]c1cc(F)ccc12.[I-]. The number of aryl methyl sites for hydroxylation is 3. The number of aromatic nitrogens is 2. The molecule has 2 aromatic heterocycles. The molecule has 0 amide bonds. The molecule has 0 saturated heterocycles. The molecule has 2 heterocycles. The topological polar surface area (TPSA) is 19.7 Å². The second-order valence-corrected chi connectivity index (χ2v) is 5.75. The molecule has 0 saturated carbocycles. The molecule has 0 radical (unpaired) electrons. The molecule has 0 spiro atoms. The van der Waals surface area contributed by atoms with Gasteiger partial charge in [0.1, 0.15) is 12.9 Å². The van der Waals surface area contributed by atoms with Crippen LogP contribution in [-0.4, -0.2) is 4.98 Å². The molecule has 0 aliphatic heterocycles. The minimum Gasteiger partial charge on any atom is -1.00 e. The van der Waals surface area contributed by atoms with Gasteiger partial charge in [-0.2, -0.15) is 0 Å². The largest absolute Gasteiger partial charge is 1.00 e. The quantitative estimate of drug-likeness (QED) is 0.333. The first kappa shape index (κ1) is 15.2. The van der Waals surface area contributed by atoms with Gasteiger partial charge in [0.05, 0.1) is 5.52 Å². The molecule has 1 N–H and O–H groups in total. The van der Waals surface area contributed by atoms with Crippen LogP contribution >= 0.6 is 0 Å². The fraction of sp³-hybridized carbons (Fsp3) is 0.167. The predicted octanol–water partition coefficient (Wildman–Crippen LogP) is 1.06. The van der Waals surface area contributed by atoms with Gasteiger partial charge in [0.15, 0.2) is 12.4 Å². The first-order valence-corrected chi connectivity index (χ1v) is 7.05. The number of H-pyrrole nitrogens is 1. The molecule has 0 fully saturated rings. The summed E-state index contributed by atoms with van der Waals surface area (Å²) in [5.74, 6) is -0.208. The highest BCUT2D eigenvalue weighted by molar-refractivity contribution is 6.16. The third-order valence-electron chi connectivity index (χ3n) is 4.42. The lowest BCUT2D eigenvalue weighted by molar-refractivity contribution is -0.670. The smallest absolute Gasteiger partial charge is 0.176 e. The second-order valence-electron chi connectivity index (χ2n) is 5.75. The van der Waals surface area contributed by atoms with Gasteiger partial charge < -0.3 is 29.0 Å². The van der Waals surface area contributed by atoms with E-state index >= 15 is 0 Å². The maximum atomic E-state index is 13.5. The van der Waals surface area contributed by atoms with Gasteiger partial charge >= 0.3 is 0 Å². The fourth-order valence-corrected chi connectivity index (χ4v) is 3.33. The molecule has 0 bridgehead atoms. The summed E-state index contributed by atoms with van der Waals surface area (Å²) in [6, 6.07) is 7.10. The average Bonchev–Trinajstić information content (AvgIpc) is 2.83. The van der Waals surface area contributed by atoms with Gasteiger partial charge in [-0.25, -0.2) is 8.96 Å². The van der Waals surface area contributed by atoms with E-state index in [1.807, 2.05) is 13.1 Å². The third kappa shape index (κ3) is 2.00. The summed E-state index contributed by atoms with van der Waals surface area (Å²) in [4.78, 5) is 3.39. The second kappa shape index (κ2) is 5.19. The normalized spacial score (nSPS) is 11.3. The summed E-state index contributed by atoms with van der Waals surface area (Å²) in [7, 11) is 2.03. The molecule has 2 aromatic carbocycles. The van der Waals surface area contributed by atoms with E-state index < -0.39 is 0 Å². The number of nitrogens with zero attached hydrogens (tertiary/aromatic N) is 1. The number of hydrogen-bond donors (Lipinski definition) is 1. The van der Waals surface area contributed by atoms with E-state index in [9.17, 15) is 4.39 Å². The van der Waals surface area contributed by atoms with Gasteiger partial charge in [-0.05, 0) is 48.6 Å². The van der Waals surface area contributed by atoms with Crippen LogP contribution in [0.25, 0.3) is 32.6 Å². The summed E-state index contributed by atoms with van der Waals surface area (Å²) >= 11 is 0. The predicted molar refractivity (Wildman–Crippen MR) is 83.9 cm³/mol. The molecule has 0 aliphatic rings. The Bertz CT molecular complexity index is 1030. The van der Waals surface area contributed by atoms with Crippen LogP contribution in [0, 0.1) is 19.7 Å². The maximum Gasteiger partial charge on any atom is 0.176 e. The number of nitrogens with one attached hydrogen (secondary N) is 1. The average molecular weight is 406 g/mol. The molecule has 4 aromatic rings. The van der Waals surface area contributed by atoms with Crippen molar-refractivity contribution in [3.8, 4) is 0 Å². The molecule has 0 aliphatic carbocycles. The summed E-state index contributed by atoms with van der Waals surface area (Å²) < 4.78 is 15.5. The van der Waals surface area contributed by atoms with Crippen molar-refractivity contribution < 1.29 is 32.9 Å². The Morgan fingerprint density at radius 2 is 1.77 bits per heavy atom. The number of hydrogen-bond acceptors (Lipinski definition) is 0. The minimum absolute atomic E-state index is 0. The number of halogens is 2. The molecule has 112 valence electrons. The van der Waals surface area contributed by atoms with E-state index in [1.165, 1.54) is 33.4 Å². The fourth-order valence-electron chi connectivity index (χ4n) is 3.33. The first-order chi connectivity index (χ1) is 10.1. The molecule has 0 atom stereocenters. The summed E-state index contributed by atoms with van der Waals surface area (Å²) in [5, 5.41) is 4.77. The first-order valence-electron chi connectivity index (χ1n) is 7.05. The Labute approximate surface area is 145 Å². The summed E-state index contributed by atoms with van der Waals surface area (Å²) in [5.41, 5.74) is 4.41. The zero-order valence-corrected chi connectivity index (χ0v) is 14.8. The van der Waals surface area contributed by atoms with Crippen LogP contribution in [0.2, 0.25) is 0 Å². The molecule has 2 nitrogen and oxygen atoms in total. The number of rotatable bonds is 0. The zero-order valence-electron chi connectivity index (χ0n) is 12.7. The van der Waals surface area contributed by atoms with Crippen LogP contribution in [0.5, 0.6) is 0 Å². The molecule has 4 rings (SSSR count). The lowest BCUT2D eigenvalue weighted by Gasteiger charge is -2.07. The van der Waals surface area contributed by atoms with Crippen molar-refractivity contribution in [1.29, 1.82) is 0 Å². The number of benzene rings is 2. The van der Waals surface area contributed by atoms with Crippen molar-refractivity contribution in [2.24, 2.45) is 7.05 Å². The van der Waals surface area contributed by atoms with Gasteiger partial charge in [0.25, 0.3) is 0 Å². The maximum absolute atomic E-state index is 13.5. The zero-order chi connectivity index (χ0) is 14.7. The highest BCUT2D eigenvalue weighted by Crippen LogP contribution is 2.35. The Hall–Kier alpha value is -1.69. The van der Waals surface area contributed by atoms with Crippen LogP contribution in [0.3, 0.4) is 0 Å². The van der Waals surface area contributed by atoms with Crippen LogP contribution in [-0.2, 0) is 7.05 Å². The summed E-state index contributed by atoms with van der Waals surface area (Å²) in [6.45, 7) is 4.26. The minimum atomic E-state index is -0.208. The van der Waals surface area contributed by atoms with Gasteiger partial charge in [-0.3, -0.25) is 0 Å². The highest BCUT2D eigenvalue weighted by Gasteiger charge is 2.15. The van der Waals surface area contributed by atoms with Crippen LogP contribution in [0.1, 0.15) is 11.1 Å². The van der Waals surface area contributed by atoms with Crippen molar-refractivity contribution in [3.05, 3.63) is 53.6 Å². The van der Waals surface area contributed by atoms with E-state index in [-0.39, 0.29) is 29.8 Å². The van der Waals surface area contributed by atoms with Crippen LogP contribution in [0.15, 0.2) is 36.7 Å². The van der Waals surface area contributed by atoms with Crippen molar-refractivity contribution in [1.82, 2.24) is 4.98 Å². The van der Waals surface area contributed by atoms with E-state index in [0.29, 0.717) is 0 Å². The van der Waals surface area contributed by atoms with Gasteiger partial charge in [0.2, 0.25) is 0 Å². The lowest BCUT2D eigenvalue weighted by atomic mass is 9.97. The van der Waals surface area contributed by atoms with Gasteiger partial charge in [0, 0.05) is 27.7 Å². The Balaban J connectivity index is 0.00000144. The van der Waals surface area contributed by atoms with Crippen LogP contribution < -0.4 is 28.5 Å². The Morgan fingerprint density at radius 1 is 1.00 bits per heavy atom. The molecular weight excluding hydrogens is 390 g/mol. The van der Waals surface area contributed by atoms with Crippen molar-refractivity contribution in [3.63, 3.8) is 0 Å². The summed E-state index contributed by atoms with van der Waals surface area (Å²) in [6.07, 6.45) is 4.21. The monoisotopic (exact) mass is 406 g/mol. The van der Waals surface area contributed by atoms with Crippen molar-refractivity contribution >= 4 is 32.6 Å². The van der Waals surface area contributed by atoms with E-state index in [1.54, 1.807) is 6.07 Å².